The van der Waals surface area contributed by atoms with Crippen LogP contribution in [0.2, 0.25) is 0 Å². The Morgan fingerprint density at radius 1 is 0.459 bits per heavy atom. The summed E-state index contributed by atoms with van der Waals surface area (Å²) in [6.45, 7) is 11.5. The number of hydrogen-bond donors (Lipinski definition) is 0. The van der Waals surface area contributed by atoms with Crippen molar-refractivity contribution in [1.29, 1.82) is 0 Å². The Balaban J connectivity index is 0.983. The fourth-order valence-corrected chi connectivity index (χ4v) is 10.9. The predicted octanol–water partition coefficient (Wildman–Crippen LogP) is 10.7. The molecule has 4 aliphatic rings. The van der Waals surface area contributed by atoms with Gasteiger partial charge in [-0.05, 0) is 136 Å². The first-order valence-corrected chi connectivity index (χ1v) is 20.7. The molecule has 2 aliphatic heterocycles. The zero-order valence-electron chi connectivity index (χ0n) is 35.7. The molecule has 8 nitrogen and oxygen atoms in total. The minimum absolute atomic E-state index is 0.0902. The summed E-state index contributed by atoms with van der Waals surface area (Å²) in [5, 5.41) is 0. The first kappa shape index (κ1) is 38.4. The number of anilines is 1. The monoisotopic (exact) mass is 806 g/mol. The molecule has 0 fully saturated rings. The van der Waals surface area contributed by atoms with Gasteiger partial charge in [-0.25, -0.2) is 4.90 Å². The third-order valence-electron chi connectivity index (χ3n) is 13.8. The lowest BCUT2D eigenvalue weighted by atomic mass is 9.72. The van der Waals surface area contributed by atoms with Gasteiger partial charge in [0.15, 0.2) is 0 Å². The first-order chi connectivity index (χ1) is 29.1. The molecule has 0 bridgehead atoms. The van der Waals surface area contributed by atoms with E-state index >= 15 is 0 Å². The Morgan fingerprint density at radius 2 is 0.869 bits per heavy atom. The van der Waals surface area contributed by atoms with Crippen LogP contribution in [0.25, 0.3) is 33.4 Å². The number of rotatable bonds is 6. The Kier molecular flexibility index (Phi) is 8.25. The number of ether oxygens (including phenoxy) is 2. The van der Waals surface area contributed by atoms with Crippen molar-refractivity contribution in [2.75, 3.05) is 26.2 Å². The Morgan fingerprint density at radius 3 is 1.36 bits per heavy atom. The van der Waals surface area contributed by atoms with E-state index in [-0.39, 0.29) is 33.6 Å². The highest BCUT2D eigenvalue weighted by Gasteiger charge is 2.57. The van der Waals surface area contributed by atoms with Crippen molar-refractivity contribution in [2.45, 2.75) is 63.7 Å². The van der Waals surface area contributed by atoms with E-state index in [0.29, 0.717) is 33.5 Å². The second-order valence-electron chi connectivity index (χ2n) is 18.4. The van der Waals surface area contributed by atoms with Gasteiger partial charge in [0.1, 0.15) is 11.5 Å². The fraction of sp³-hybridized carbons (Fsp3) is 0.245. The number of hydrogen-bond acceptors (Lipinski definition) is 6. The summed E-state index contributed by atoms with van der Waals surface area (Å²) in [6.07, 6.45) is 1.89. The second kappa shape index (κ2) is 13.1. The molecule has 61 heavy (non-hydrogen) atoms. The van der Waals surface area contributed by atoms with Gasteiger partial charge in [0, 0.05) is 23.6 Å². The topological polar surface area (TPSA) is 93.2 Å². The summed E-state index contributed by atoms with van der Waals surface area (Å²) >= 11 is 0. The predicted molar refractivity (Wildman–Crippen MR) is 237 cm³/mol. The fourth-order valence-electron chi connectivity index (χ4n) is 10.9. The van der Waals surface area contributed by atoms with Crippen LogP contribution in [-0.4, -0.2) is 49.8 Å². The van der Waals surface area contributed by atoms with E-state index in [9.17, 15) is 19.2 Å². The van der Waals surface area contributed by atoms with Gasteiger partial charge in [-0.1, -0.05) is 81.8 Å². The van der Waals surface area contributed by atoms with Gasteiger partial charge in [0.05, 0.1) is 42.2 Å². The normalized spacial score (nSPS) is 19.1. The molecule has 2 heterocycles. The molecule has 4 amide bonds. The van der Waals surface area contributed by atoms with Crippen LogP contribution in [0, 0.1) is 6.92 Å². The van der Waals surface area contributed by atoms with E-state index in [4.69, 9.17) is 9.47 Å². The number of imide groups is 2. The molecule has 6 aromatic rings. The molecular formula is C53H46N2O6. The van der Waals surface area contributed by atoms with Crippen LogP contribution < -0.4 is 14.4 Å². The molecular weight excluding hydrogens is 761 g/mol. The second-order valence-corrected chi connectivity index (χ2v) is 18.4. The van der Waals surface area contributed by atoms with E-state index in [1.165, 1.54) is 39.8 Å². The molecule has 0 saturated heterocycles. The number of benzene rings is 6. The quantitative estimate of drug-likeness (QED) is 0.156. The third kappa shape index (κ3) is 5.50. The van der Waals surface area contributed by atoms with E-state index in [2.05, 4.69) is 83.1 Å². The number of methoxy groups -OCH3 is 2. The Bertz CT molecular complexity index is 2940. The minimum atomic E-state index is -0.425. The van der Waals surface area contributed by atoms with Crippen LogP contribution in [0.15, 0.2) is 109 Å². The summed E-state index contributed by atoms with van der Waals surface area (Å²) in [6, 6.07) is 35.5. The number of carbonyl (C=O) groups is 4. The van der Waals surface area contributed by atoms with Crippen molar-refractivity contribution in [2.24, 2.45) is 0 Å². The van der Waals surface area contributed by atoms with Crippen LogP contribution in [0.5, 0.6) is 11.5 Å². The molecule has 10 rings (SSSR count). The van der Waals surface area contributed by atoms with Crippen molar-refractivity contribution < 1.29 is 28.7 Å². The average molecular weight is 807 g/mol. The van der Waals surface area contributed by atoms with Crippen molar-refractivity contribution >= 4 is 29.3 Å². The molecule has 6 aromatic carbocycles. The Hall–Kier alpha value is -6.80. The van der Waals surface area contributed by atoms with Crippen molar-refractivity contribution in [3.8, 4) is 44.9 Å². The summed E-state index contributed by atoms with van der Waals surface area (Å²) in [5.74, 6) is 0.0916. The van der Waals surface area contributed by atoms with E-state index in [1.807, 2.05) is 24.3 Å². The van der Waals surface area contributed by atoms with Crippen LogP contribution in [-0.2, 0) is 16.2 Å². The van der Waals surface area contributed by atoms with E-state index in [0.717, 1.165) is 51.5 Å². The van der Waals surface area contributed by atoms with Crippen molar-refractivity contribution in [3.05, 3.63) is 159 Å². The number of nitrogens with zero attached hydrogens (tertiary/aromatic N) is 2. The van der Waals surface area contributed by atoms with Crippen LogP contribution >= 0.6 is 0 Å². The molecule has 0 N–H and O–H groups in total. The van der Waals surface area contributed by atoms with Gasteiger partial charge in [-0.2, -0.15) is 0 Å². The molecule has 0 radical (unpaired) electrons. The molecule has 1 atom stereocenters. The van der Waals surface area contributed by atoms with Gasteiger partial charge in [0.25, 0.3) is 23.6 Å². The lowest BCUT2D eigenvalue weighted by Crippen LogP contribution is -2.29. The smallest absolute Gasteiger partial charge is 0.266 e. The van der Waals surface area contributed by atoms with Gasteiger partial charge < -0.3 is 9.47 Å². The largest absolute Gasteiger partial charge is 0.496 e. The molecule has 1 spiro atoms. The van der Waals surface area contributed by atoms with Crippen LogP contribution in [0.1, 0.15) is 110 Å². The number of aryl methyl sites for hydroxylation is 1. The van der Waals surface area contributed by atoms with Gasteiger partial charge in [-0.3, -0.25) is 24.1 Å². The maximum Gasteiger partial charge on any atom is 0.266 e. The molecule has 2 aliphatic carbocycles. The minimum Gasteiger partial charge on any atom is -0.496 e. The summed E-state index contributed by atoms with van der Waals surface area (Å²) in [4.78, 5) is 55.1. The number of fused-ring (bicyclic) bond motifs is 6. The summed E-state index contributed by atoms with van der Waals surface area (Å²) in [7, 11) is 4.93. The molecule has 8 heteroatoms. The number of amides is 4. The SMILES string of the molecule is COc1cc2c(cc1-c1ccc(C)cc1)C(C)(C)CC21CC(C)(C)c2cc(-c3ccc(N4C(=O)c5ccc(-c6ccc7c(c6)C(=O)N(C)C7=O)cc5C4=O)cc3)c(OC)cc21. The van der Waals surface area contributed by atoms with Gasteiger partial charge in [-0.15, -0.1) is 0 Å². The van der Waals surface area contributed by atoms with Crippen molar-refractivity contribution in [1.82, 2.24) is 4.90 Å². The molecule has 0 saturated carbocycles. The van der Waals surface area contributed by atoms with Crippen LogP contribution in [0.4, 0.5) is 5.69 Å². The van der Waals surface area contributed by atoms with E-state index in [1.54, 1.807) is 50.6 Å². The lowest BCUT2D eigenvalue weighted by molar-refractivity contribution is 0.0692. The van der Waals surface area contributed by atoms with E-state index < -0.39 is 11.8 Å². The molecule has 1 unspecified atom stereocenters. The lowest BCUT2D eigenvalue weighted by Gasteiger charge is -2.31. The summed E-state index contributed by atoms with van der Waals surface area (Å²) < 4.78 is 12.3. The maximum absolute atomic E-state index is 13.9. The standard InChI is InChI=1S/C53H46N2O6/c1-29-9-11-30(12-10-29)37-23-41-43(25-45(37)60-7)53(27-51(41,2)3)28-52(4,5)42-24-38(46(61-8)26-44(42)53)31-13-17-34(18-14-31)55-49(58)36-20-16-33(22-40(36)50(55)59)32-15-19-35-39(21-32)48(57)54(6)47(35)56/h9-26H,27-28H2,1-8H3. The molecule has 0 aromatic heterocycles. The Labute approximate surface area is 355 Å². The highest BCUT2D eigenvalue weighted by molar-refractivity contribution is 6.34. The van der Waals surface area contributed by atoms with Gasteiger partial charge >= 0.3 is 0 Å². The number of carbonyl (C=O) groups excluding carboxylic acids is 4. The average Bonchev–Trinajstić information content (AvgIpc) is 3.82. The maximum atomic E-state index is 13.9. The zero-order chi connectivity index (χ0) is 42.9. The highest BCUT2D eigenvalue weighted by Crippen LogP contribution is 2.64. The van der Waals surface area contributed by atoms with Crippen molar-refractivity contribution in [3.63, 3.8) is 0 Å². The zero-order valence-corrected chi connectivity index (χ0v) is 35.7. The molecule has 304 valence electrons. The first-order valence-electron chi connectivity index (χ1n) is 20.7. The third-order valence-corrected chi connectivity index (χ3v) is 13.8. The summed E-state index contributed by atoms with van der Waals surface area (Å²) in [5.41, 5.74) is 13.1. The van der Waals surface area contributed by atoms with Crippen LogP contribution in [0.3, 0.4) is 0 Å². The highest BCUT2D eigenvalue weighted by atomic mass is 16.5. The van der Waals surface area contributed by atoms with Gasteiger partial charge in [0.2, 0.25) is 0 Å².